The third-order valence-corrected chi connectivity index (χ3v) is 11.0. The first kappa shape index (κ1) is 35.0. The van der Waals surface area contributed by atoms with Gasteiger partial charge in [-0.3, -0.25) is 19.6 Å². The Bertz CT molecular complexity index is 1410. The van der Waals surface area contributed by atoms with Crippen LogP contribution >= 0.6 is 0 Å². The summed E-state index contributed by atoms with van der Waals surface area (Å²) in [6, 6.07) is 2.67. The molecule has 3 atom stereocenters. The van der Waals surface area contributed by atoms with Gasteiger partial charge in [-0.1, -0.05) is 39.3 Å². The second-order valence-corrected chi connectivity index (χ2v) is 14.9. The molecule has 45 heavy (non-hydrogen) atoms. The van der Waals surface area contributed by atoms with Gasteiger partial charge in [0.25, 0.3) is 0 Å². The van der Waals surface area contributed by atoms with Crippen LogP contribution in [0.15, 0.2) is 29.4 Å². The standard InChI is InChI=1S/C32H51N7O5S/c1-8-9-13-39-30(41)26(28(40)21(2)3)36-31(42)32(39)10-14-38(15-11-32)27(25-19-33-34-20-25)24-17-22(4)29(23(5)18-24)45(43,44)35-12-16-37(6)7/h17-21,26-28,35,40H,8-16H2,1-7H3,(H,33,34)(H,36,42)/t26-,27?,28-/m1/s1. The number of unbranched alkanes of at least 4 members (excludes halogenated alkanes) is 1. The summed E-state index contributed by atoms with van der Waals surface area (Å²) in [4.78, 5) is 33.8. The molecule has 0 saturated carbocycles. The van der Waals surface area contributed by atoms with Crippen molar-refractivity contribution in [3.8, 4) is 0 Å². The number of carbonyl (C=O) groups excluding carboxylic acids is 2. The highest BCUT2D eigenvalue weighted by atomic mass is 32.2. The number of aromatic amines is 1. The Morgan fingerprint density at radius 3 is 2.31 bits per heavy atom. The number of H-pyrrole nitrogens is 1. The second-order valence-electron chi connectivity index (χ2n) is 13.2. The molecule has 0 bridgehead atoms. The van der Waals surface area contributed by atoms with Crippen LogP contribution in [0.4, 0.5) is 0 Å². The minimum absolute atomic E-state index is 0.180. The van der Waals surface area contributed by atoms with Gasteiger partial charge < -0.3 is 20.2 Å². The highest BCUT2D eigenvalue weighted by Crippen LogP contribution is 2.39. The topological polar surface area (TPSA) is 151 Å². The number of piperazine rings is 1. The van der Waals surface area contributed by atoms with Crippen LogP contribution in [0.3, 0.4) is 0 Å². The maximum atomic E-state index is 13.8. The summed E-state index contributed by atoms with van der Waals surface area (Å²) in [7, 11) is 0.0851. The SMILES string of the molecule is CCCCN1C(=O)[C@@H]([C@H](O)C(C)C)NC(=O)C12CCN(C(c1cn[nH]c1)c1cc(C)c(S(=O)(=O)NCCN(C)C)c(C)c1)CC2. The van der Waals surface area contributed by atoms with Gasteiger partial charge in [0, 0.05) is 44.5 Å². The van der Waals surface area contributed by atoms with Gasteiger partial charge in [0.1, 0.15) is 11.6 Å². The summed E-state index contributed by atoms with van der Waals surface area (Å²) in [5, 5.41) is 20.8. The number of aryl methyl sites for hydroxylation is 2. The Balaban J connectivity index is 1.63. The predicted molar refractivity (Wildman–Crippen MR) is 173 cm³/mol. The van der Waals surface area contributed by atoms with Gasteiger partial charge in [-0.15, -0.1) is 0 Å². The quantitative estimate of drug-likeness (QED) is 0.258. The van der Waals surface area contributed by atoms with E-state index in [9.17, 15) is 23.1 Å². The number of nitrogens with one attached hydrogen (secondary N) is 3. The molecule has 2 aromatic rings. The molecular weight excluding hydrogens is 594 g/mol. The largest absolute Gasteiger partial charge is 0.390 e. The fraction of sp³-hybridized carbons (Fsp3) is 0.656. The second kappa shape index (κ2) is 14.3. The first-order valence-corrected chi connectivity index (χ1v) is 17.5. The lowest BCUT2D eigenvalue weighted by Crippen LogP contribution is -2.75. The van der Waals surface area contributed by atoms with Crippen LogP contribution < -0.4 is 10.0 Å². The van der Waals surface area contributed by atoms with Crippen molar-refractivity contribution in [2.24, 2.45) is 5.92 Å². The lowest BCUT2D eigenvalue weighted by atomic mass is 9.79. The Hall–Kier alpha value is -2.84. The van der Waals surface area contributed by atoms with Crippen LogP contribution in [0, 0.1) is 19.8 Å². The molecule has 1 aromatic carbocycles. The zero-order valence-corrected chi connectivity index (χ0v) is 28.6. The van der Waals surface area contributed by atoms with Crippen LogP contribution in [0.1, 0.15) is 74.8 Å². The highest BCUT2D eigenvalue weighted by Gasteiger charge is 2.55. The van der Waals surface area contributed by atoms with E-state index in [0.717, 1.165) is 24.0 Å². The summed E-state index contributed by atoms with van der Waals surface area (Å²) in [6.07, 6.45) is 5.18. The van der Waals surface area contributed by atoms with E-state index in [-0.39, 0.29) is 28.7 Å². The molecule has 1 unspecified atom stereocenters. The zero-order chi connectivity index (χ0) is 33.1. The van der Waals surface area contributed by atoms with E-state index >= 15 is 0 Å². The number of benzene rings is 1. The molecule has 12 nitrogen and oxygen atoms in total. The van der Waals surface area contributed by atoms with Crippen LogP contribution in [0.2, 0.25) is 0 Å². The normalized spacial score (nSPS) is 20.7. The molecule has 3 heterocycles. The van der Waals surface area contributed by atoms with Gasteiger partial charge in [-0.2, -0.15) is 5.10 Å². The van der Waals surface area contributed by atoms with Gasteiger partial charge in [-0.25, -0.2) is 13.1 Å². The number of piperidine rings is 1. The molecule has 2 saturated heterocycles. The average molecular weight is 646 g/mol. The number of likely N-dealkylation sites (tertiary alicyclic amines) is 1. The van der Waals surface area contributed by atoms with Gasteiger partial charge in [0.05, 0.1) is 23.2 Å². The van der Waals surface area contributed by atoms with Crippen molar-refractivity contribution >= 4 is 21.8 Å². The first-order valence-electron chi connectivity index (χ1n) is 16.0. The van der Waals surface area contributed by atoms with E-state index in [2.05, 4.69) is 32.1 Å². The predicted octanol–water partition coefficient (Wildman–Crippen LogP) is 1.93. The molecule has 1 spiro atoms. The third-order valence-electron chi connectivity index (χ3n) is 9.26. The lowest BCUT2D eigenvalue weighted by Gasteiger charge is -2.53. The van der Waals surface area contributed by atoms with Crippen LogP contribution in [0.5, 0.6) is 0 Å². The van der Waals surface area contributed by atoms with Crippen molar-refractivity contribution in [2.75, 3.05) is 46.8 Å². The van der Waals surface area contributed by atoms with Crippen molar-refractivity contribution < 1.29 is 23.1 Å². The fourth-order valence-electron chi connectivity index (χ4n) is 6.81. The van der Waals surface area contributed by atoms with Gasteiger partial charge in [0.2, 0.25) is 21.8 Å². The lowest BCUT2D eigenvalue weighted by molar-refractivity contribution is -0.165. The zero-order valence-electron chi connectivity index (χ0n) is 27.8. The summed E-state index contributed by atoms with van der Waals surface area (Å²) >= 11 is 0. The number of hydrogen-bond donors (Lipinski definition) is 4. The van der Waals surface area contributed by atoms with E-state index < -0.39 is 27.7 Å². The summed E-state index contributed by atoms with van der Waals surface area (Å²) < 4.78 is 29.2. The number of amides is 2. The number of sulfonamides is 1. The Morgan fingerprint density at radius 2 is 1.78 bits per heavy atom. The number of hydrogen-bond acceptors (Lipinski definition) is 8. The smallest absolute Gasteiger partial charge is 0.248 e. The number of carbonyl (C=O) groups is 2. The van der Waals surface area contributed by atoms with Crippen molar-refractivity contribution in [3.63, 3.8) is 0 Å². The number of aliphatic hydroxyl groups excluding tert-OH is 1. The molecule has 2 aliphatic rings. The molecule has 2 fully saturated rings. The molecule has 4 N–H and O–H groups in total. The van der Waals surface area contributed by atoms with E-state index in [4.69, 9.17) is 0 Å². The average Bonchev–Trinajstić information content (AvgIpc) is 3.49. The van der Waals surface area contributed by atoms with E-state index in [1.807, 2.05) is 65.0 Å². The number of aromatic nitrogens is 2. The van der Waals surface area contributed by atoms with Crippen LogP contribution in [-0.4, -0.2) is 115 Å². The Labute approximate surface area is 268 Å². The maximum Gasteiger partial charge on any atom is 0.248 e. The van der Waals surface area contributed by atoms with Gasteiger partial charge in [-0.05, 0) is 69.8 Å². The number of nitrogens with zero attached hydrogens (tertiary/aromatic N) is 4. The molecule has 250 valence electrons. The monoisotopic (exact) mass is 645 g/mol. The fourth-order valence-corrected chi connectivity index (χ4v) is 8.28. The molecule has 2 aliphatic heterocycles. The molecule has 13 heteroatoms. The molecule has 0 radical (unpaired) electrons. The van der Waals surface area contributed by atoms with E-state index in [0.29, 0.717) is 56.7 Å². The van der Waals surface area contributed by atoms with Gasteiger partial charge >= 0.3 is 0 Å². The summed E-state index contributed by atoms with van der Waals surface area (Å²) in [5.41, 5.74) is 2.18. The number of likely N-dealkylation sites (N-methyl/N-ethyl adjacent to an activating group) is 1. The first-order chi connectivity index (χ1) is 21.2. The molecule has 2 amide bonds. The minimum atomic E-state index is -3.71. The van der Waals surface area contributed by atoms with Crippen molar-refractivity contribution in [1.29, 1.82) is 0 Å². The molecule has 4 rings (SSSR count). The highest BCUT2D eigenvalue weighted by molar-refractivity contribution is 7.89. The van der Waals surface area contributed by atoms with Crippen LogP contribution in [0.25, 0.3) is 0 Å². The number of aliphatic hydroxyl groups is 1. The number of rotatable bonds is 13. The van der Waals surface area contributed by atoms with Crippen molar-refractivity contribution in [1.82, 2.24) is 34.9 Å². The molecular formula is C32H51N7O5S. The maximum absolute atomic E-state index is 13.8. The Kier molecular flexibility index (Phi) is 11.1. The Morgan fingerprint density at radius 1 is 1.13 bits per heavy atom. The van der Waals surface area contributed by atoms with E-state index in [1.165, 1.54) is 0 Å². The van der Waals surface area contributed by atoms with Crippen LogP contribution in [-0.2, 0) is 19.6 Å². The van der Waals surface area contributed by atoms with Crippen molar-refractivity contribution in [3.05, 3.63) is 46.8 Å². The van der Waals surface area contributed by atoms with E-state index in [1.54, 1.807) is 11.1 Å². The summed E-state index contributed by atoms with van der Waals surface area (Å²) in [5.74, 6) is -0.599. The molecule has 1 aromatic heterocycles. The minimum Gasteiger partial charge on any atom is -0.390 e. The molecule has 0 aliphatic carbocycles. The summed E-state index contributed by atoms with van der Waals surface area (Å²) in [6.45, 7) is 11.8. The third kappa shape index (κ3) is 7.27. The van der Waals surface area contributed by atoms with Gasteiger partial charge in [0.15, 0.2) is 0 Å². The van der Waals surface area contributed by atoms with Crippen molar-refractivity contribution in [2.45, 2.75) is 88.9 Å².